The van der Waals surface area contributed by atoms with Crippen LogP contribution in [0, 0.1) is 5.92 Å². The summed E-state index contributed by atoms with van der Waals surface area (Å²) in [6.07, 6.45) is 2.87. The van der Waals surface area contributed by atoms with Crippen molar-refractivity contribution in [1.29, 1.82) is 0 Å². The first-order valence-corrected chi connectivity index (χ1v) is 14.2. The second-order valence-electron chi connectivity index (χ2n) is 10.8. The molecule has 2 aromatic rings. The molecule has 36 heavy (non-hydrogen) atoms. The average molecular weight is 511 g/mol. The molecule has 3 heterocycles. The normalized spacial score (nSPS) is 21.0. The molecule has 0 unspecified atom stereocenters. The lowest BCUT2D eigenvalue weighted by atomic mass is 10.0. The molecule has 1 aromatic heterocycles. The second kappa shape index (κ2) is 11.3. The first-order chi connectivity index (χ1) is 17.2. The highest BCUT2D eigenvalue weighted by molar-refractivity contribution is 7.17. The van der Waals surface area contributed by atoms with Gasteiger partial charge in [0, 0.05) is 50.2 Å². The van der Waals surface area contributed by atoms with E-state index in [-0.39, 0.29) is 18.0 Å². The number of benzene rings is 1. The molecule has 2 aliphatic rings. The topological polar surface area (TPSA) is 47.1 Å². The molecular formula is C29H42N4O2S. The summed E-state index contributed by atoms with van der Waals surface area (Å²) in [5.41, 5.74) is 2.46. The molecule has 0 radical (unpaired) electrons. The van der Waals surface area contributed by atoms with Gasteiger partial charge < -0.3 is 14.7 Å². The van der Waals surface area contributed by atoms with Crippen molar-refractivity contribution in [3.05, 3.63) is 46.8 Å². The maximum atomic E-state index is 13.3. The smallest absolute Gasteiger partial charge is 0.320 e. The fourth-order valence-corrected chi connectivity index (χ4v) is 6.33. The minimum atomic E-state index is 0.0428. The maximum Gasteiger partial charge on any atom is 0.320 e. The molecule has 2 fully saturated rings. The van der Waals surface area contributed by atoms with Crippen molar-refractivity contribution in [2.45, 2.75) is 65.1 Å². The van der Waals surface area contributed by atoms with Crippen LogP contribution in [0.1, 0.15) is 55.8 Å². The van der Waals surface area contributed by atoms with Crippen LogP contribution >= 0.6 is 11.3 Å². The van der Waals surface area contributed by atoms with Crippen molar-refractivity contribution in [3.8, 4) is 10.4 Å². The van der Waals surface area contributed by atoms with Crippen LogP contribution < -0.4 is 0 Å². The van der Waals surface area contributed by atoms with Crippen LogP contribution in [0.2, 0.25) is 0 Å². The van der Waals surface area contributed by atoms with E-state index in [0.717, 1.165) is 47.7 Å². The number of carbonyl (C=O) groups excluding carboxylic acids is 2. The third-order valence-corrected chi connectivity index (χ3v) is 9.50. The second-order valence-corrected chi connectivity index (χ2v) is 11.9. The van der Waals surface area contributed by atoms with Gasteiger partial charge in [0.15, 0.2) is 0 Å². The summed E-state index contributed by atoms with van der Waals surface area (Å²) in [7, 11) is 4.07. The Morgan fingerprint density at radius 2 is 1.56 bits per heavy atom. The fraction of sp³-hybridized carbons (Fsp3) is 0.586. The molecule has 0 bridgehead atoms. The lowest BCUT2D eigenvalue weighted by Gasteiger charge is -2.33. The van der Waals surface area contributed by atoms with Gasteiger partial charge in [-0.15, -0.1) is 11.3 Å². The van der Waals surface area contributed by atoms with Gasteiger partial charge in [0.2, 0.25) is 0 Å². The Morgan fingerprint density at radius 1 is 0.944 bits per heavy atom. The minimum absolute atomic E-state index is 0.0428. The molecule has 196 valence electrons. The highest BCUT2D eigenvalue weighted by Gasteiger charge is 2.37. The summed E-state index contributed by atoms with van der Waals surface area (Å²) in [6.45, 7) is 11.8. The Morgan fingerprint density at radius 3 is 2.17 bits per heavy atom. The van der Waals surface area contributed by atoms with Crippen molar-refractivity contribution in [3.63, 3.8) is 0 Å². The first-order valence-electron chi connectivity index (χ1n) is 13.4. The van der Waals surface area contributed by atoms with E-state index >= 15 is 0 Å². The van der Waals surface area contributed by atoms with Gasteiger partial charge in [0.1, 0.15) is 0 Å². The number of nitrogens with zero attached hydrogens (tertiary/aromatic N) is 4. The number of likely N-dealkylation sites (N-methyl/N-ethyl adjacent to an activating group) is 2. The number of rotatable bonds is 7. The van der Waals surface area contributed by atoms with Crippen molar-refractivity contribution in [1.82, 2.24) is 19.6 Å². The molecule has 0 spiro atoms. The molecular weight excluding hydrogens is 468 g/mol. The van der Waals surface area contributed by atoms with Gasteiger partial charge in [-0.3, -0.25) is 9.69 Å². The van der Waals surface area contributed by atoms with Crippen molar-refractivity contribution in [2.24, 2.45) is 5.92 Å². The zero-order chi connectivity index (χ0) is 26.0. The Hall–Kier alpha value is -2.38. The Kier molecular flexibility index (Phi) is 8.41. The molecule has 2 saturated heterocycles. The van der Waals surface area contributed by atoms with Crippen LogP contribution in [-0.4, -0.2) is 89.9 Å². The molecule has 4 rings (SSSR count). The number of amides is 3. The van der Waals surface area contributed by atoms with E-state index in [1.165, 1.54) is 5.56 Å². The summed E-state index contributed by atoms with van der Waals surface area (Å²) in [5, 5.41) is 0. The maximum absolute atomic E-state index is 13.3. The van der Waals surface area contributed by atoms with Gasteiger partial charge in [0.25, 0.3) is 5.91 Å². The Bertz CT molecular complexity index is 1050. The number of likely N-dealkylation sites (tertiary alicyclic amines) is 2. The van der Waals surface area contributed by atoms with E-state index in [4.69, 9.17) is 0 Å². The number of hydrogen-bond donors (Lipinski definition) is 0. The van der Waals surface area contributed by atoms with Gasteiger partial charge in [0.05, 0.1) is 10.9 Å². The number of carbonyl (C=O) groups is 2. The van der Waals surface area contributed by atoms with Crippen LogP contribution in [0.4, 0.5) is 4.79 Å². The van der Waals surface area contributed by atoms with E-state index in [1.54, 1.807) is 11.3 Å². The van der Waals surface area contributed by atoms with E-state index < -0.39 is 0 Å². The Labute approximate surface area is 220 Å². The molecule has 2 aliphatic heterocycles. The predicted molar refractivity (Wildman–Crippen MR) is 149 cm³/mol. The van der Waals surface area contributed by atoms with Crippen LogP contribution in [0.25, 0.3) is 10.4 Å². The van der Waals surface area contributed by atoms with E-state index in [9.17, 15) is 9.59 Å². The average Bonchev–Trinajstić information content (AvgIpc) is 3.67. The quantitative estimate of drug-likeness (QED) is 0.508. The zero-order valence-electron chi connectivity index (χ0n) is 22.7. The summed E-state index contributed by atoms with van der Waals surface area (Å²) >= 11 is 1.54. The third kappa shape index (κ3) is 5.62. The van der Waals surface area contributed by atoms with Crippen molar-refractivity contribution in [2.75, 3.05) is 40.3 Å². The Balaban J connectivity index is 1.32. The number of aryl methyl sites for hydroxylation is 1. The summed E-state index contributed by atoms with van der Waals surface area (Å²) < 4.78 is 0. The molecule has 0 saturated carbocycles. The molecule has 0 N–H and O–H groups in total. The van der Waals surface area contributed by atoms with E-state index in [1.807, 2.05) is 33.9 Å². The lowest BCUT2D eigenvalue weighted by molar-refractivity contribution is 0.0739. The van der Waals surface area contributed by atoms with Gasteiger partial charge in [-0.25, -0.2) is 4.79 Å². The monoisotopic (exact) mass is 510 g/mol. The van der Waals surface area contributed by atoms with Crippen LogP contribution in [0.5, 0.6) is 0 Å². The summed E-state index contributed by atoms with van der Waals surface area (Å²) in [4.78, 5) is 36.6. The molecule has 3 amide bonds. The van der Waals surface area contributed by atoms with Gasteiger partial charge in [-0.05, 0) is 62.4 Å². The molecule has 6 nitrogen and oxygen atoms in total. The van der Waals surface area contributed by atoms with Crippen LogP contribution in [0.15, 0.2) is 36.4 Å². The number of thiophene rings is 1. The third-order valence-electron chi connectivity index (χ3n) is 8.38. The van der Waals surface area contributed by atoms with Crippen LogP contribution in [0.3, 0.4) is 0 Å². The van der Waals surface area contributed by atoms with Gasteiger partial charge in [-0.1, -0.05) is 45.0 Å². The minimum Gasteiger partial charge on any atom is -0.336 e. The van der Waals surface area contributed by atoms with Crippen LogP contribution in [-0.2, 0) is 6.42 Å². The van der Waals surface area contributed by atoms with Crippen molar-refractivity contribution >= 4 is 23.3 Å². The van der Waals surface area contributed by atoms with E-state index in [2.05, 4.69) is 63.9 Å². The summed E-state index contributed by atoms with van der Waals surface area (Å²) in [6, 6.07) is 13.6. The van der Waals surface area contributed by atoms with Gasteiger partial charge in [-0.2, -0.15) is 0 Å². The molecule has 0 aliphatic carbocycles. The lowest BCUT2D eigenvalue weighted by Crippen LogP contribution is -2.46. The van der Waals surface area contributed by atoms with E-state index in [0.29, 0.717) is 31.1 Å². The number of urea groups is 1. The van der Waals surface area contributed by atoms with Gasteiger partial charge >= 0.3 is 6.03 Å². The summed E-state index contributed by atoms with van der Waals surface area (Å²) in [5.74, 6) is 0.634. The molecule has 1 aromatic carbocycles. The highest BCUT2D eigenvalue weighted by atomic mass is 32.1. The molecule has 7 heteroatoms. The SMILES string of the molecule is CCc1ccc(-c2ccc(C(=O)N(C)[C@H]3CCN(C(=O)N4CC[C@@H](N(C)[C@@H](C)C(C)C)C4)C3)s2)cc1. The number of hydrogen-bond acceptors (Lipinski definition) is 4. The predicted octanol–water partition coefficient (Wildman–Crippen LogP) is 5.29. The molecule has 3 atom stereocenters. The largest absolute Gasteiger partial charge is 0.336 e. The fourth-order valence-electron chi connectivity index (χ4n) is 5.33. The standard InChI is InChI=1S/C29H42N4O2S/c1-7-22-8-10-23(11-9-22)26-12-13-27(36-26)28(34)31(6)25-15-17-33(19-25)29(35)32-16-14-24(18-32)30(5)21(4)20(2)3/h8-13,20-21,24-25H,7,14-19H2,1-6H3/t21-,24+,25-/m0/s1. The van der Waals surface area contributed by atoms with Crippen molar-refractivity contribution < 1.29 is 9.59 Å². The highest BCUT2D eigenvalue weighted by Crippen LogP contribution is 2.30. The zero-order valence-corrected chi connectivity index (χ0v) is 23.6. The first kappa shape index (κ1) is 26.7.